The van der Waals surface area contributed by atoms with Crippen LogP contribution in [0, 0.1) is 0 Å². The minimum absolute atomic E-state index is 0.0192. The molecule has 4 nitrogen and oxygen atoms in total. The van der Waals surface area contributed by atoms with E-state index in [4.69, 9.17) is 9.15 Å². The molecule has 0 spiro atoms. The summed E-state index contributed by atoms with van der Waals surface area (Å²) in [6, 6.07) is 16.0. The molecule has 0 saturated heterocycles. The number of halogens is 3. The van der Waals surface area contributed by atoms with Crippen molar-refractivity contribution in [3.05, 3.63) is 82.2 Å². The van der Waals surface area contributed by atoms with E-state index in [9.17, 15) is 18.0 Å². The van der Waals surface area contributed by atoms with Gasteiger partial charge in [0.05, 0.1) is 28.7 Å². The maximum absolute atomic E-state index is 13.5. The third-order valence-corrected chi connectivity index (χ3v) is 5.12. The first kappa shape index (κ1) is 17.6. The number of fused-ring (bicyclic) bond motifs is 5. The molecule has 0 saturated carbocycles. The molecule has 0 atom stereocenters. The second-order valence-electron chi connectivity index (χ2n) is 6.84. The quantitative estimate of drug-likeness (QED) is 0.322. The molecule has 2 heterocycles. The number of hydrogen-bond acceptors (Lipinski definition) is 4. The molecule has 29 heavy (non-hydrogen) atoms. The van der Waals surface area contributed by atoms with Gasteiger partial charge in [0.2, 0.25) is 0 Å². The van der Waals surface area contributed by atoms with Crippen LogP contribution in [-0.4, -0.2) is 6.73 Å². The minimum atomic E-state index is -4.49. The van der Waals surface area contributed by atoms with E-state index in [1.165, 1.54) is 17.0 Å². The van der Waals surface area contributed by atoms with Crippen molar-refractivity contribution in [3.63, 3.8) is 0 Å². The van der Waals surface area contributed by atoms with Gasteiger partial charge in [0.25, 0.3) is 0 Å². The molecule has 1 aliphatic rings. The van der Waals surface area contributed by atoms with E-state index in [-0.39, 0.29) is 19.0 Å². The number of hydrogen-bond donors (Lipinski definition) is 0. The van der Waals surface area contributed by atoms with Gasteiger partial charge in [-0.25, -0.2) is 4.79 Å². The van der Waals surface area contributed by atoms with Gasteiger partial charge in [0, 0.05) is 5.39 Å². The zero-order valence-electron chi connectivity index (χ0n) is 15.0. The Morgan fingerprint density at radius 2 is 1.59 bits per heavy atom. The van der Waals surface area contributed by atoms with Crippen LogP contribution >= 0.6 is 0 Å². The highest BCUT2D eigenvalue weighted by atomic mass is 19.4. The summed E-state index contributed by atoms with van der Waals surface area (Å²) in [6.45, 7) is 0.0878. The third-order valence-electron chi connectivity index (χ3n) is 5.12. The van der Waals surface area contributed by atoms with Crippen LogP contribution in [0.3, 0.4) is 0 Å². The van der Waals surface area contributed by atoms with E-state index < -0.39 is 17.4 Å². The molecular weight excluding hydrogens is 383 g/mol. The van der Waals surface area contributed by atoms with Gasteiger partial charge >= 0.3 is 11.8 Å². The first-order chi connectivity index (χ1) is 13.9. The topological polar surface area (TPSA) is 42.7 Å². The average Bonchev–Trinajstić information content (AvgIpc) is 2.73. The second kappa shape index (κ2) is 6.27. The summed E-state index contributed by atoms with van der Waals surface area (Å²) in [4.78, 5) is 13.9. The van der Waals surface area contributed by atoms with E-state index in [1.54, 1.807) is 30.3 Å². The fourth-order valence-corrected chi connectivity index (χ4v) is 3.79. The lowest BCUT2D eigenvalue weighted by molar-refractivity contribution is -0.137. The fourth-order valence-electron chi connectivity index (χ4n) is 3.79. The zero-order valence-corrected chi connectivity index (χ0v) is 15.0. The minimum Gasteiger partial charge on any atom is -0.473 e. The van der Waals surface area contributed by atoms with E-state index in [0.29, 0.717) is 27.7 Å². The molecule has 0 N–H and O–H groups in total. The molecule has 4 aromatic rings. The van der Waals surface area contributed by atoms with Gasteiger partial charge < -0.3 is 14.1 Å². The van der Waals surface area contributed by atoms with Gasteiger partial charge in [-0.1, -0.05) is 30.3 Å². The maximum atomic E-state index is 13.5. The molecule has 7 heteroatoms. The molecule has 0 unspecified atom stereocenters. The average molecular weight is 397 g/mol. The van der Waals surface area contributed by atoms with Crippen molar-refractivity contribution in [1.82, 2.24) is 0 Å². The van der Waals surface area contributed by atoms with Crippen LogP contribution < -0.4 is 15.3 Å². The predicted molar refractivity (Wildman–Crippen MR) is 103 cm³/mol. The summed E-state index contributed by atoms with van der Waals surface area (Å²) in [5.74, 6) is 0.497. The van der Waals surface area contributed by atoms with Gasteiger partial charge in [0.1, 0.15) is 11.3 Å². The molecule has 0 radical (unpaired) electrons. The predicted octanol–water partition coefficient (Wildman–Crippen LogP) is 5.32. The molecule has 0 fully saturated rings. The smallest absolute Gasteiger partial charge is 0.418 e. The van der Waals surface area contributed by atoms with Crippen molar-refractivity contribution in [1.29, 1.82) is 0 Å². The summed E-state index contributed by atoms with van der Waals surface area (Å²) in [5.41, 5.74) is -0.326. The normalized spacial score (nSPS) is 14.1. The number of para-hydroxylation sites is 1. The van der Waals surface area contributed by atoms with Crippen molar-refractivity contribution in [2.45, 2.75) is 12.7 Å². The number of rotatable bonds is 1. The number of ether oxygens (including phenoxy) is 1. The molecule has 0 bridgehead atoms. The first-order valence-electron chi connectivity index (χ1n) is 8.95. The van der Waals surface area contributed by atoms with Crippen molar-refractivity contribution in [2.75, 3.05) is 11.6 Å². The lowest BCUT2D eigenvalue weighted by atomic mass is 10.0. The Morgan fingerprint density at radius 1 is 0.862 bits per heavy atom. The van der Waals surface area contributed by atoms with Gasteiger partial charge in [-0.2, -0.15) is 13.2 Å². The molecule has 146 valence electrons. The van der Waals surface area contributed by atoms with E-state index >= 15 is 0 Å². The zero-order chi connectivity index (χ0) is 20.2. The molecule has 5 rings (SSSR count). The number of anilines is 1. The number of benzene rings is 3. The Labute approximate surface area is 162 Å². The monoisotopic (exact) mass is 397 g/mol. The lowest BCUT2D eigenvalue weighted by Crippen LogP contribution is -2.33. The fraction of sp³-hybridized carbons (Fsp3) is 0.136. The highest BCUT2D eigenvalue weighted by molar-refractivity contribution is 6.05. The van der Waals surface area contributed by atoms with Crippen molar-refractivity contribution in [2.24, 2.45) is 0 Å². The number of nitrogens with zero attached hydrogens (tertiary/aromatic N) is 1. The Bertz CT molecular complexity index is 1310. The molecular formula is C22H14F3NO3. The summed E-state index contributed by atoms with van der Waals surface area (Å²) < 4.78 is 51.6. The molecule has 0 amide bonds. The van der Waals surface area contributed by atoms with E-state index in [0.717, 1.165) is 11.5 Å². The van der Waals surface area contributed by atoms with Crippen molar-refractivity contribution < 1.29 is 22.3 Å². The van der Waals surface area contributed by atoms with Gasteiger partial charge in [-0.15, -0.1) is 0 Å². The maximum Gasteiger partial charge on any atom is 0.418 e. The molecule has 0 aliphatic carbocycles. The van der Waals surface area contributed by atoms with Crippen molar-refractivity contribution in [3.8, 4) is 5.75 Å². The van der Waals surface area contributed by atoms with Crippen molar-refractivity contribution >= 4 is 27.4 Å². The SMILES string of the molecule is O=c1oc2c3c(ccc2c2ccccc12)OCN(c1ccccc1C(F)(F)F)C3. The number of alkyl halides is 3. The van der Waals surface area contributed by atoms with Crippen LogP contribution in [0.25, 0.3) is 21.7 Å². The lowest BCUT2D eigenvalue weighted by Gasteiger charge is -2.32. The summed E-state index contributed by atoms with van der Waals surface area (Å²) in [5, 5.41) is 1.90. The van der Waals surface area contributed by atoms with Crippen LogP contribution in [0.2, 0.25) is 0 Å². The third kappa shape index (κ3) is 2.81. The molecule has 1 aliphatic heterocycles. The van der Waals surface area contributed by atoms with E-state index in [1.807, 2.05) is 12.1 Å². The Hall–Kier alpha value is -3.48. The standard InChI is InChI=1S/C22H14F3NO3/c23-22(24,25)17-7-3-4-8-18(17)26-11-16-19(28-12-26)10-9-14-13-5-1-2-6-15(13)21(27)29-20(14)16/h1-10H,11-12H2. The highest BCUT2D eigenvalue weighted by Gasteiger charge is 2.35. The highest BCUT2D eigenvalue weighted by Crippen LogP contribution is 2.40. The Kier molecular flexibility index (Phi) is 3.81. The van der Waals surface area contributed by atoms with Crippen LogP contribution in [0.15, 0.2) is 69.9 Å². The van der Waals surface area contributed by atoms with Crippen LogP contribution in [0.4, 0.5) is 18.9 Å². The summed E-state index contributed by atoms with van der Waals surface area (Å²) in [7, 11) is 0. The van der Waals surface area contributed by atoms with Gasteiger partial charge in [-0.05, 0) is 35.7 Å². The Morgan fingerprint density at radius 3 is 2.38 bits per heavy atom. The van der Waals surface area contributed by atoms with Crippen LogP contribution in [0.1, 0.15) is 11.1 Å². The Balaban J connectivity index is 1.69. The van der Waals surface area contributed by atoms with Gasteiger partial charge in [0.15, 0.2) is 6.73 Å². The summed E-state index contributed by atoms with van der Waals surface area (Å²) >= 11 is 0. The largest absolute Gasteiger partial charge is 0.473 e. The van der Waals surface area contributed by atoms with E-state index in [2.05, 4.69) is 0 Å². The molecule has 3 aromatic carbocycles. The van der Waals surface area contributed by atoms with Crippen LogP contribution in [0.5, 0.6) is 5.75 Å². The molecule has 1 aromatic heterocycles. The second-order valence-corrected chi connectivity index (χ2v) is 6.84. The summed E-state index contributed by atoms with van der Waals surface area (Å²) in [6.07, 6.45) is -4.49. The van der Waals surface area contributed by atoms with Crippen LogP contribution in [-0.2, 0) is 12.7 Å². The van der Waals surface area contributed by atoms with Gasteiger partial charge in [-0.3, -0.25) is 0 Å². The first-order valence-corrected chi connectivity index (χ1v) is 8.95.